The van der Waals surface area contributed by atoms with Crippen molar-refractivity contribution in [3.8, 4) is 5.75 Å². The van der Waals surface area contributed by atoms with E-state index in [1.54, 1.807) is 7.11 Å². The third-order valence-corrected chi connectivity index (χ3v) is 4.84. The summed E-state index contributed by atoms with van der Waals surface area (Å²) < 4.78 is 5.50. The normalized spacial score (nSPS) is 11.4. The van der Waals surface area contributed by atoms with Crippen LogP contribution in [0.1, 0.15) is 37.5 Å². The van der Waals surface area contributed by atoms with E-state index in [0.29, 0.717) is 0 Å². The van der Waals surface area contributed by atoms with Crippen LogP contribution in [0.25, 0.3) is 0 Å². The lowest BCUT2D eigenvalue weighted by molar-refractivity contribution is -0.119. The van der Waals surface area contributed by atoms with Gasteiger partial charge in [-0.1, -0.05) is 31.5 Å². The highest BCUT2D eigenvalue weighted by atomic mass is 16.5. The molecule has 29 heavy (non-hydrogen) atoms. The number of carbonyl (C=O) groups is 1. The molecule has 6 heteroatoms. The summed E-state index contributed by atoms with van der Waals surface area (Å²) in [6, 6.07) is 13.9. The summed E-state index contributed by atoms with van der Waals surface area (Å²) in [5.74, 6) is 0.668. The van der Waals surface area contributed by atoms with Crippen molar-refractivity contribution in [2.75, 3.05) is 32.1 Å². The number of amides is 1. The van der Waals surface area contributed by atoms with Crippen molar-refractivity contribution in [3.05, 3.63) is 59.2 Å². The van der Waals surface area contributed by atoms with Gasteiger partial charge in [-0.3, -0.25) is 9.69 Å². The van der Waals surface area contributed by atoms with Gasteiger partial charge in [0.15, 0.2) is 0 Å². The standard InChI is InChI=1S/C23H32N4O2/c1-6-27(7-2)16-20-14-19(10-13-22(20)29-5)18(4)25-26-23(28)15-24-21-11-8-17(3)9-12-21/h8-14,24H,6-7,15-16H2,1-5H3,(H,26,28). The summed E-state index contributed by atoms with van der Waals surface area (Å²) in [6.45, 7) is 11.1. The van der Waals surface area contributed by atoms with Gasteiger partial charge < -0.3 is 10.1 Å². The lowest BCUT2D eigenvalue weighted by atomic mass is 10.1. The van der Waals surface area contributed by atoms with E-state index in [2.05, 4.69) is 40.7 Å². The molecule has 0 heterocycles. The number of nitrogens with one attached hydrogen (secondary N) is 2. The molecule has 0 aliphatic rings. The van der Waals surface area contributed by atoms with Crippen LogP contribution in [-0.2, 0) is 11.3 Å². The smallest absolute Gasteiger partial charge is 0.259 e. The van der Waals surface area contributed by atoms with Crippen molar-refractivity contribution < 1.29 is 9.53 Å². The van der Waals surface area contributed by atoms with Crippen LogP contribution in [0, 0.1) is 6.92 Å². The molecule has 156 valence electrons. The maximum Gasteiger partial charge on any atom is 0.259 e. The van der Waals surface area contributed by atoms with Gasteiger partial charge in [0, 0.05) is 17.8 Å². The molecule has 0 saturated carbocycles. The first kappa shape index (κ1) is 22.4. The van der Waals surface area contributed by atoms with E-state index in [4.69, 9.17) is 4.74 Å². The Morgan fingerprint density at radius 1 is 1.10 bits per heavy atom. The summed E-state index contributed by atoms with van der Waals surface area (Å²) in [4.78, 5) is 14.4. The van der Waals surface area contributed by atoms with Gasteiger partial charge >= 0.3 is 0 Å². The Labute approximate surface area is 174 Å². The third-order valence-electron chi connectivity index (χ3n) is 4.84. The van der Waals surface area contributed by atoms with Crippen LogP contribution in [0.2, 0.25) is 0 Å². The number of carbonyl (C=O) groups excluding carboxylic acids is 1. The second kappa shape index (κ2) is 11.2. The molecule has 0 aliphatic heterocycles. The first-order valence-electron chi connectivity index (χ1n) is 10.00. The minimum atomic E-state index is -0.193. The highest BCUT2D eigenvalue weighted by Gasteiger charge is 2.10. The van der Waals surface area contributed by atoms with E-state index >= 15 is 0 Å². The average Bonchev–Trinajstić information content (AvgIpc) is 2.75. The van der Waals surface area contributed by atoms with Crippen molar-refractivity contribution in [1.29, 1.82) is 0 Å². The molecule has 0 bridgehead atoms. The topological polar surface area (TPSA) is 66.0 Å². The molecular weight excluding hydrogens is 364 g/mol. The second-order valence-electron chi connectivity index (χ2n) is 6.94. The molecule has 0 spiro atoms. The van der Waals surface area contributed by atoms with Gasteiger partial charge in [-0.15, -0.1) is 0 Å². The number of hydrazone groups is 1. The zero-order valence-corrected chi connectivity index (χ0v) is 18.1. The first-order valence-corrected chi connectivity index (χ1v) is 10.00. The van der Waals surface area contributed by atoms with Crippen LogP contribution >= 0.6 is 0 Å². The summed E-state index contributed by atoms with van der Waals surface area (Å²) in [7, 11) is 1.68. The van der Waals surface area contributed by atoms with Gasteiger partial charge in [-0.2, -0.15) is 5.10 Å². The molecule has 0 saturated heterocycles. The van der Waals surface area contributed by atoms with Crippen molar-refractivity contribution in [3.63, 3.8) is 0 Å². The van der Waals surface area contributed by atoms with E-state index in [-0.39, 0.29) is 12.5 Å². The minimum absolute atomic E-state index is 0.162. The highest BCUT2D eigenvalue weighted by molar-refractivity contribution is 5.99. The van der Waals surface area contributed by atoms with Gasteiger partial charge in [0.05, 0.1) is 19.4 Å². The number of rotatable bonds is 10. The molecule has 0 unspecified atom stereocenters. The van der Waals surface area contributed by atoms with E-state index in [1.807, 2.05) is 50.2 Å². The quantitative estimate of drug-likeness (QED) is 0.474. The molecule has 0 aromatic heterocycles. The fourth-order valence-corrected chi connectivity index (χ4v) is 2.92. The van der Waals surface area contributed by atoms with Crippen LogP contribution in [0.4, 0.5) is 5.69 Å². The van der Waals surface area contributed by atoms with Crippen molar-refractivity contribution in [2.45, 2.75) is 34.2 Å². The molecule has 2 aromatic carbocycles. The number of hydrogen-bond acceptors (Lipinski definition) is 5. The van der Waals surface area contributed by atoms with Gasteiger partial charge in [0.2, 0.25) is 0 Å². The molecule has 6 nitrogen and oxygen atoms in total. The Balaban J connectivity index is 2.00. The molecule has 2 N–H and O–H groups in total. The van der Waals surface area contributed by atoms with Crippen molar-refractivity contribution in [1.82, 2.24) is 10.3 Å². The fraction of sp³-hybridized carbons (Fsp3) is 0.391. The van der Waals surface area contributed by atoms with E-state index in [9.17, 15) is 4.79 Å². The Kier molecular flexibility index (Phi) is 8.68. The van der Waals surface area contributed by atoms with E-state index in [0.717, 1.165) is 47.9 Å². The van der Waals surface area contributed by atoms with Crippen LogP contribution < -0.4 is 15.5 Å². The fourth-order valence-electron chi connectivity index (χ4n) is 2.92. The molecule has 1 amide bonds. The lowest BCUT2D eigenvalue weighted by Gasteiger charge is -2.20. The zero-order valence-electron chi connectivity index (χ0n) is 18.1. The Morgan fingerprint density at radius 3 is 2.41 bits per heavy atom. The number of hydrogen-bond donors (Lipinski definition) is 2. The minimum Gasteiger partial charge on any atom is -0.496 e. The maximum absolute atomic E-state index is 12.1. The lowest BCUT2D eigenvalue weighted by Crippen LogP contribution is -2.26. The molecular formula is C23H32N4O2. The third kappa shape index (κ3) is 6.91. The van der Waals surface area contributed by atoms with Crippen LogP contribution in [-0.4, -0.2) is 43.3 Å². The van der Waals surface area contributed by atoms with Crippen LogP contribution in [0.3, 0.4) is 0 Å². The number of benzene rings is 2. The molecule has 0 atom stereocenters. The summed E-state index contributed by atoms with van der Waals surface area (Å²) >= 11 is 0. The molecule has 2 rings (SSSR count). The monoisotopic (exact) mass is 396 g/mol. The average molecular weight is 397 g/mol. The predicted octanol–water partition coefficient (Wildman–Crippen LogP) is 3.80. The Bertz CT molecular complexity index is 827. The highest BCUT2D eigenvalue weighted by Crippen LogP contribution is 2.22. The van der Waals surface area contributed by atoms with Crippen molar-refractivity contribution >= 4 is 17.3 Å². The van der Waals surface area contributed by atoms with Gasteiger partial charge in [-0.25, -0.2) is 5.43 Å². The molecule has 0 fully saturated rings. The zero-order chi connectivity index (χ0) is 21.2. The summed E-state index contributed by atoms with van der Waals surface area (Å²) in [5, 5.41) is 7.35. The van der Waals surface area contributed by atoms with E-state index < -0.39 is 0 Å². The molecule has 2 aromatic rings. The molecule has 0 radical (unpaired) electrons. The van der Waals surface area contributed by atoms with Gasteiger partial charge in [-0.05, 0) is 62.8 Å². The number of ether oxygens (including phenoxy) is 1. The Morgan fingerprint density at radius 2 is 1.79 bits per heavy atom. The SMILES string of the molecule is CCN(CC)Cc1cc(C(C)=NNC(=O)CNc2ccc(C)cc2)ccc1OC. The number of aryl methyl sites for hydroxylation is 1. The van der Waals surface area contributed by atoms with Crippen LogP contribution in [0.15, 0.2) is 47.6 Å². The molecule has 0 aliphatic carbocycles. The largest absolute Gasteiger partial charge is 0.496 e. The number of methoxy groups -OCH3 is 1. The van der Waals surface area contributed by atoms with E-state index in [1.165, 1.54) is 5.56 Å². The van der Waals surface area contributed by atoms with Crippen molar-refractivity contribution in [2.24, 2.45) is 5.10 Å². The Hall–Kier alpha value is -2.86. The predicted molar refractivity (Wildman–Crippen MR) is 120 cm³/mol. The maximum atomic E-state index is 12.1. The number of nitrogens with zero attached hydrogens (tertiary/aromatic N) is 2. The van der Waals surface area contributed by atoms with Crippen LogP contribution in [0.5, 0.6) is 5.75 Å². The summed E-state index contributed by atoms with van der Waals surface area (Å²) in [5.41, 5.74) is 7.52. The first-order chi connectivity index (χ1) is 14.0. The second-order valence-corrected chi connectivity index (χ2v) is 6.94. The van der Waals surface area contributed by atoms with Gasteiger partial charge in [0.25, 0.3) is 5.91 Å². The summed E-state index contributed by atoms with van der Waals surface area (Å²) in [6.07, 6.45) is 0. The van der Waals surface area contributed by atoms with Gasteiger partial charge in [0.1, 0.15) is 5.75 Å². The number of anilines is 1.